The first kappa shape index (κ1) is 21.5. The van der Waals surface area contributed by atoms with Gasteiger partial charge in [-0.05, 0) is 23.8 Å². The van der Waals surface area contributed by atoms with Crippen molar-refractivity contribution >= 4 is 22.8 Å². The molecule has 0 spiro atoms. The number of aromatic nitrogens is 2. The fraction of sp³-hybridized carbons (Fsp3) is 0.348. The molecule has 0 aliphatic carbocycles. The Kier molecular flexibility index (Phi) is 6.44. The number of hydrogen-bond donors (Lipinski definition) is 1. The first-order valence-corrected chi connectivity index (χ1v) is 10.4. The van der Waals surface area contributed by atoms with Gasteiger partial charge in [0.1, 0.15) is 17.9 Å². The van der Waals surface area contributed by atoms with E-state index in [0.717, 1.165) is 28.0 Å². The van der Waals surface area contributed by atoms with Crippen LogP contribution in [0.5, 0.6) is 17.2 Å². The highest BCUT2D eigenvalue weighted by atomic mass is 16.5. The molecule has 32 heavy (non-hydrogen) atoms. The van der Waals surface area contributed by atoms with Gasteiger partial charge in [0.25, 0.3) is 0 Å². The van der Waals surface area contributed by atoms with Crippen molar-refractivity contribution in [1.29, 1.82) is 0 Å². The topological polar surface area (TPSA) is 89.1 Å². The number of urea groups is 1. The predicted octanol–water partition coefficient (Wildman–Crippen LogP) is 2.69. The van der Waals surface area contributed by atoms with E-state index in [1.54, 1.807) is 27.7 Å². The number of piperazine rings is 1. The van der Waals surface area contributed by atoms with Gasteiger partial charge in [0.05, 0.1) is 26.8 Å². The molecule has 1 aromatic heterocycles. The molecule has 1 saturated heterocycles. The SMILES string of the molecule is COc1ccc(CNC(=O)N2CCN(c3ncnc4cc(OC)c(OC)cc34)CC2)cc1. The normalized spacial score (nSPS) is 13.7. The molecule has 2 amide bonds. The summed E-state index contributed by atoms with van der Waals surface area (Å²) in [4.78, 5) is 25.5. The molecule has 168 valence electrons. The summed E-state index contributed by atoms with van der Waals surface area (Å²) in [6.45, 7) is 3.04. The van der Waals surface area contributed by atoms with E-state index in [2.05, 4.69) is 20.2 Å². The van der Waals surface area contributed by atoms with E-state index in [1.165, 1.54) is 0 Å². The fourth-order valence-corrected chi connectivity index (χ4v) is 3.78. The third-order valence-electron chi connectivity index (χ3n) is 5.59. The number of benzene rings is 2. The second-order valence-electron chi connectivity index (χ2n) is 7.40. The second kappa shape index (κ2) is 9.59. The van der Waals surface area contributed by atoms with Gasteiger partial charge in [0, 0.05) is 44.2 Å². The Morgan fingerprint density at radius 1 is 0.938 bits per heavy atom. The Morgan fingerprint density at radius 3 is 2.28 bits per heavy atom. The van der Waals surface area contributed by atoms with Crippen molar-refractivity contribution in [1.82, 2.24) is 20.2 Å². The van der Waals surface area contributed by atoms with Crippen molar-refractivity contribution in [3.63, 3.8) is 0 Å². The zero-order valence-corrected chi connectivity index (χ0v) is 18.5. The summed E-state index contributed by atoms with van der Waals surface area (Å²) >= 11 is 0. The number of rotatable bonds is 6. The van der Waals surface area contributed by atoms with E-state index in [0.29, 0.717) is 44.2 Å². The number of methoxy groups -OCH3 is 3. The maximum Gasteiger partial charge on any atom is 0.317 e. The smallest absolute Gasteiger partial charge is 0.317 e. The Morgan fingerprint density at radius 2 is 1.62 bits per heavy atom. The summed E-state index contributed by atoms with van der Waals surface area (Å²) in [5.41, 5.74) is 1.81. The molecule has 0 saturated carbocycles. The predicted molar refractivity (Wildman–Crippen MR) is 122 cm³/mol. The summed E-state index contributed by atoms with van der Waals surface area (Å²) in [6, 6.07) is 11.3. The number of amides is 2. The minimum absolute atomic E-state index is 0.0700. The molecule has 1 aliphatic rings. The van der Waals surface area contributed by atoms with Gasteiger partial charge in [-0.25, -0.2) is 14.8 Å². The molecule has 2 heterocycles. The molecule has 9 nitrogen and oxygen atoms in total. The Hall–Kier alpha value is -3.75. The van der Waals surface area contributed by atoms with Crippen LogP contribution in [0.25, 0.3) is 10.9 Å². The van der Waals surface area contributed by atoms with Gasteiger partial charge in [0.15, 0.2) is 11.5 Å². The number of carbonyl (C=O) groups is 1. The van der Waals surface area contributed by atoms with Gasteiger partial charge in [-0.15, -0.1) is 0 Å². The average Bonchev–Trinajstić information content (AvgIpc) is 2.86. The molecule has 4 rings (SSSR count). The largest absolute Gasteiger partial charge is 0.497 e. The zero-order chi connectivity index (χ0) is 22.5. The second-order valence-corrected chi connectivity index (χ2v) is 7.40. The Labute approximate surface area is 186 Å². The lowest BCUT2D eigenvalue weighted by Crippen LogP contribution is -2.52. The van der Waals surface area contributed by atoms with Crippen LogP contribution < -0.4 is 24.4 Å². The van der Waals surface area contributed by atoms with Crippen LogP contribution in [0.3, 0.4) is 0 Å². The molecule has 0 atom stereocenters. The van der Waals surface area contributed by atoms with Crippen LogP contribution in [0.1, 0.15) is 5.56 Å². The molecule has 0 unspecified atom stereocenters. The minimum Gasteiger partial charge on any atom is -0.497 e. The van der Waals surface area contributed by atoms with Gasteiger partial charge in [-0.1, -0.05) is 12.1 Å². The molecular weight excluding hydrogens is 410 g/mol. The van der Waals surface area contributed by atoms with Crippen molar-refractivity contribution in [2.24, 2.45) is 0 Å². The number of anilines is 1. The van der Waals surface area contributed by atoms with Crippen LogP contribution in [0.4, 0.5) is 10.6 Å². The lowest BCUT2D eigenvalue weighted by Gasteiger charge is -2.35. The molecule has 1 fully saturated rings. The fourth-order valence-electron chi connectivity index (χ4n) is 3.78. The van der Waals surface area contributed by atoms with Crippen molar-refractivity contribution in [3.05, 3.63) is 48.3 Å². The molecule has 1 N–H and O–H groups in total. The molecule has 0 bridgehead atoms. The van der Waals surface area contributed by atoms with Gasteiger partial charge in [-0.2, -0.15) is 0 Å². The molecule has 9 heteroatoms. The van der Waals surface area contributed by atoms with Crippen molar-refractivity contribution in [3.8, 4) is 17.2 Å². The van der Waals surface area contributed by atoms with Crippen molar-refractivity contribution in [2.45, 2.75) is 6.54 Å². The van der Waals surface area contributed by atoms with Gasteiger partial charge in [0.2, 0.25) is 0 Å². The summed E-state index contributed by atoms with van der Waals surface area (Å²) in [6.07, 6.45) is 1.55. The van der Waals surface area contributed by atoms with E-state index >= 15 is 0 Å². The van der Waals surface area contributed by atoms with Gasteiger partial charge >= 0.3 is 6.03 Å². The van der Waals surface area contributed by atoms with Crippen molar-refractivity contribution in [2.75, 3.05) is 52.4 Å². The van der Waals surface area contributed by atoms with E-state index in [9.17, 15) is 4.79 Å². The average molecular weight is 438 g/mol. The van der Waals surface area contributed by atoms with Crippen LogP contribution in [0, 0.1) is 0 Å². The number of carbonyl (C=O) groups excluding carboxylic acids is 1. The number of ether oxygens (including phenoxy) is 3. The summed E-state index contributed by atoms with van der Waals surface area (Å²) in [5.74, 6) is 2.88. The summed E-state index contributed by atoms with van der Waals surface area (Å²) in [5, 5.41) is 3.88. The maximum absolute atomic E-state index is 12.6. The van der Waals surface area contributed by atoms with E-state index < -0.39 is 0 Å². The lowest BCUT2D eigenvalue weighted by atomic mass is 10.2. The number of hydrogen-bond acceptors (Lipinski definition) is 7. The highest BCUT2D eigenvalue weighted by molar-refractivity contribution is 5.92. The van der Waals surface area contributed by atoms with Gasteiger partial charge in [-0.3, -0.25) is 0 Å². The number of fused-ring (bicyclic) bond motifs is 1. The highest BCUT2D eigenvalue weighted by Gasteiger charge is 2.23. The number of nitrogens with one attached hydrogen (secondary N) is 1. The molecular formula is C23H27N5O4. The molecule has 0 radical (unpaired) electrons. The quantitative estimate of drug-likeness (QED) is 0.634. The van der Waals surface area contributed by atoms with Crippen LogP contribution >= 0.6 is 0 Å². The zero-order valence-electron chi connectivity index (χ0n) is 18.5. The molecule has 3 aromatic rings. The van der Waals surface area contributed by atoms with E-state index in [-0.39, 0.29) is 6.03 Å². The minimum atomic E-state index is -0.0700. The first-order chi connectivity index (χ1) is 15.6. The number of nitrogens with zero attached hydrogens (tertiary/aromatic N) is 4. The summed E-state index contributed by atoms with van der Waals surface area (Å²) < 4.78 is 16.0. The van der Waals surface area contributed by atoms with Crippen LogP contribution in [-0.2, 0) is 6.54 Å². The maximum atomic E-state index is 12.6. The lowest BCUT2D eigenvalue weighted by molar-refractivity contribution is 0.194. The third-order valence-corrected chi connectivity index (χ3v) is 5.59. The third kappa shape index (κ3) is 4.46. The van der Waals surface area contributed by atoms with Crippen LogP contribution in [-0.4, -0.2) is 68.4 Å². The van der Waals surface area contributed by atoms with Crippen molar-refractivity contribution < 1.29 is 19.0 Å². The standard InChI is InChI=1S/C23H27N5O4/c1-30-17-6-4-16(5-7-17)14-24-23(29)28-10-8-27(9-11-28)22-18-12-20(31-2)21(32-3)13-19(18)25-15-26-22/h4-7,12-13,15H,8-11,14H2,1-3H3,(H,24,29). The summed E-state index contributed by atoms with van der Waals surface area (Å²) in [7, 11) is 4.84. The van der Waals surface area contributed by atoms with E-state index in [1.807, 2.05) is 41.3 Å². The van der Waals surface area contributed by atoms with Crippen LogP contribution in [0.15, 0.2) is 42.7 Å². The molecule has 1 aliphatic heterocycles. The van der Waals surface area contributed by atoms with E-state index in [4.69, 9.17) is 14.2 Å². The monoisotopic (exact) mass is 437 g/mol. The first-order valence-electron chi connectivity index (χ1n) is 10.4. The Bertz CT molecular complexity index is 1080. The Balaban J connectivity index is 1.39. The van der Waals surface area contributed by atoms with Gasteiger partial charge < -0.3 is 29.3 Å². The van der Waals surface area contributed by atoms with Crippen LogP contribution in [0.2, 0.25) is 0 Å². The molecule has 2 aromatic carbocycles. The highest BCUT2D eigenvalue weighted by Crippen LogP contribution is 2.34.